The molecule has 1 saturated heterocycles. The number of likely N-dealkylation sites (N-methyl/N-ethyl adjacent to an activating group) is 1. The highest BCUT2D eigenvalue weighted by Gasteiger charge is 2.20. The minimum absolute atomic E-state index is 0.111. The molecule has 0 bridgehead atoms. The Morgan fingerprint density at radius 2 is 2.19 bits per heavy atom. The zero-order chi connectivity index (χ0) is 12.0. The van der Waals surface area contributed by atoms with Gasteiger partial charge in [-0.15, -0.1) is 4.99 Å². The predicted molar refractivity (Wildman–Crippen MR) is 65.0 cm³/mol. The van der Waals surface area contributed by atoms with Gasteiger partial charge in [0, 0.05) is 20.1 Å². The maximum Gasteiger partial charge on any atom is 0.242 e. The van der Waals surface area contributed by atoms with Crippen molar-refractivity contribution in [1.29, 1.82) is 5.26 Å². The zero-order valence-corrected chi connectivity index (χ0v) is 10.5. The first-order valence-electron chi connectivity index (χ1n) is 5.18. The summed E-state index contributed by atoms with van der Waals surface area (Å²) in [5, 5.41) is 9.07. The predicted octanol–water partition coefficient (Wildman–Crippen LogP) is 0.741. The molecule has 1 amide bonds. The van der Waals surface area contributed by atoms with Crippen LogP contribution in [0.1, 0.15) is 12.8 Å². The molecule has 0 radical (unpaired) electrons. The summed E-state index contributed by atoms with van der Waals surface area (Å²) in [6.07, 6.45) is 5.77. The SMILES string of the molecule is CSC(=NC#N)N(C)CC(=O)N1CCCC1. The summed E-state index contributed by atoms with van der Waals surface area (Å²) in [5.74, 6) is 0.111. The number of nitriles is 1. The van der Waals surface area contributed by atoms with Crippen LogP contribution >= 0.6 is 11.8 Å². The maximum absolute atomic E-state index is 11.8. The van der Waals surface area contributed by atoms with Gasteiger partial charge in [-0.2, -0.15) is 5.26 Å². The van der Waals surface area contributed by atoms with Gasteiger partial charge in [-0.1, -0.05) is 11.8 Å². The van der Waals surface area contributed by atoms with Gasteiger partial charge in [0.15, 0.2) is 5.17 Å². The van der Waals surface area contributed by atoms with E-state index in [1.807, 2.05) is 11.2 Å². The highest BCUT2D eigenvalue weighted by molar-refractivity contribution is 8.13. The number of likely N-dealkylation sites (tertiary alicyclic amines) is 1. The second kappa shape index (κ2) is 6.38. The van der Waals surface area contributed by atoms with E-state index in [1.54, 1.807) is 18.1 Å². The van der Waals surface area contributed by atoms with Crippen molar-refractivity contribution < 1.29 is 4.79 Å². The van der Waals surface area contributed by atoms with Gasteiger partial charge in [0.1, 0.15) is 0 Å². The van der Waals surface area contributed by atoms with Crippen molar-refractivity contribution in [2.24, 2.45) is 4.99 Å². The summed E-state index contributed by atoms with van der Waals surface area (Å²) in [6, 6.07) is 0. The molecule has 0 aromatic carbocycles. The molecule has 88 valence electrons. The van der Waals surface area contributed by atoms with Gasteiger partial charge in [0.05, 0.1) is 6.54 Å². The second-order valence-corrected chi connectivity index (χ2v) is 4.42. The highest BCUT2D eigenvalue weighted by Crippen LogP contribution is 2.09. The Morgan fingerprint density at radius 1 is 1.56 bits per heavy atom. The Hall–Kier alpha value is -1.22. The summed E-state index contributed by atoms with van der Waals surface area (Å²) in [4.78, 5) is 19.1. The molecular formula is C10H16N4OS. The van der Waals surface area contributed by atoms with Crippen molar-refractivity contribution in [2.45, 2.75) is 12.8 Å². The average molecular weight is 240 g/mol. The third kappa shape index (κ3) is 3.42. The smallest absolute Gasteiger partial charge is 0.242 e. The molecule has 1 rings (SSSR count). The van der Waals surface area contributed by atoms with E-state index in [1.165, 1.54) is 11.8 Å². The molecule has 0 aromatic heterocycles. The number of carbonyl (C=O) groups is 1. The summed E-state index contributed by atoms with van der Waals surface area (Å²) in [6.45, 7) is 2.01. The maximum atomic E-state index is 11.8. The van der Waals surface area contributed by atoms with Crippen molar-refractivity contribution >= 4 is 22.8 Å². The number of amidine groups is 1. The molecule has 16 heavy (non-hydrogen) atoms. The van der Waals surface area contributed by atoms with Crippen LogP contribution in [0.25, 0.3) is 0 Å². The summed E-state index contributed by atoms with van der Waals surface area (Å²) < 4.78 is 0. The standard InChI is InChI=1S/C10H16N4OS/c1-13(10(16-2)12-8-11)7-9(15)14-5-3-4-6-14/h3-7H2,1-2H3. The number of hydrogen-bond donors (Lipinski definition) is 0. The molecule has 0 saturated carbocycles. The highest BCUT2D eigenvalue weighted by atomic mass is 32.2. The van der Waals surface area contributed by atoms with Crippen LogP contribution in [0.5, 0.6) is 0 Å². The van der Waals surface area contributed by atoms with Crippen molar-refractivity contribution in [3.8, 4) is 6.19 Å². The number of carbonyl (C=O) groups excluding carboxylic acids is 1. The molecule has 1 aliphatic rings. The minimum atomic E-state index is 0.111. The molecule has 0 spiro atoms. The van der Waals surface area contributed by atoms with Gasteiger partial charge in [0.25, 0.3) is 0 Å². The fraction of sp³-hybridized carbons (Fsp3) is 0.700. The summed E-state index contributed by atoms with van der Waals surface area (Å²) in [7, 11) is 1.78. The van der Waals surface area contributed by atoms with Crippen LogP contribution in [-0.4, -0.2) is 53.8 Å². The Morgan fingerprint density at radius 3 is 2.69 bits per heavy atom. The molecule has 0 aromatic rings. The fourth-order valence-electron chi connectivity index (χ4n) is 1.67. The van der Waals surface area contributed by atoms with Crippen molar-refractivity contribution in [2.75, 3.05) is 32.9 Å². The first kappa shape index (κ1) is 12.8. The van der Waals surface area contributed by atoms with Gasteiger partial charge in [0.2, 0.25) is 12.1 Å². The number of rotatable bonds is 2. The van der Waals surface area contributed by atoms with Crippen molar-refractivity contribution in [3.05, 3.63) is 0 Å². The normalized spacial score (nSPS) is 16.1. The van der Waals surface area contributed by atoms with Crippen LogP contribution in [0.15, 0.2) is 4.99 Å². The Kier molecular flexibility index (Phi) is 5.12. The van der Waals surface area contributed by atoms with Crippen LogP contribution in [0.3, 0.4) is 0 Å². The van der Waals surface area contributed by atoms with Crippen molar-refractivity contribution in [3.63, 3.8) is 0 Å². The lowest BCUT2D eigenvalue weighted by Gasteiger charge is -2.22. The van der Waals surface area contributed by atoms with Crippen LogP contribution in [-0.2, 0) is 4.79 Å². The molecular weight excluding hydrogens is 224 g/mol. The molecule has 5 nitrogen and oxygen atoms in total. The van der Waals surface area contributed by atoms with E-state index in [-0.39, 0.29) is 5.91 Å². The van der Waals surface area contributed by atoms with Gasteiger partial charge in [-0.05, 0) is 19.1 Å². The quantitative estimate of drug-likeness (QED) is 0.406. The summed E-state index contributed by atoms with van der Waals surface area (Å²) >= 11 is 1.37. The van der Waals surface area contributed by atoms with Crippen LogP contribution in [0.2, 0.25) is 0 Å². The first-order chi connectivity index (χ1) is 7.69. The molecule has 0 aliphatic carbocycles. The number of thioether (sulfide) groups is 1. The number of aliphatic imine (C=N–C) groups is 1. The van der Waals surface area contributed by atoms with Crippen LogP contribution in [0.4, 0.5) is 0 Å². The fourth-order valence-corrected chi connectivity index (χ4v) is 2.17. The molecule has 1 aliphatic heterocycles. The van der Waals surface area contributed by atoms with E-state index >= 15 is 0 Å². The minimum Gasteiger partial charge on any atom is -0.344 e. The van der Waals surface area contributed by atoms with E-state index in [9.17, 15) is 4.79 Å². The van der Waals surface area contributed by atoms with E-state index < -0.39 is 0 Å². The van der Waals surface area contributed by atoms with E-state index in [0.717, 1.165) is 25.9 Å². The molecule has 1 fully saturated rings. The van der Waals surface area contributed by atoms with Gasteiger partial charge < -0.3 is 9.80 Å². The van der Waals surface area contributed by atoms with E-state index in [4.69, 9.17) is 5.26 Å². The Labute approximate surface area is 100 Å². The lowest BCUT2D eigenvalue weighted by Crippen LogP contribution is -2.38. The Bertz CT molecular complexity index is 317. The van der Waals surface area contributed by atoms with E-state index in [2.05, 4.69) is 4.99 Å². The monoisotopic (exact) mass is 240 g/mol. The van der Waals surface area contributed by atoms with Gasteiger partial charge in [-0.3, -0.25) is 4.79 Å². The Balaban J connectivity index is 2.49. The number of nitrogens with zero attached hydrogens (tertiary/aromatic N) is 4. The number of hydrogen-bond acceptors (Lipinski definition) is 4. The average Bonchev–Trinajstić information content (AvgIpc) is 2.78. The van der Waals surface area contributed by atoms with E-state index in [0.29, 0.717) is 11.7 Å². The lowest BCUT2D eigenvalue weighted by molar-refractivity contribution is -0.130. The van der Waals surface area contributed by atoms with Crippen LogP contribution < -0.4 is 0 Å². The summed E-state index contributed by atoms with van der Waals surface area (Å²) in [5.41, 5.74) is 0. The van der Waals surface area contributed by atoms with Gasteiger partial charge in [-0.25, -0.2) is 0 Å². The first-order valence-corrected chi connectivity index (χ1v) is 6.41. The van der Waals surface area contributed by atoms with Gasteiger partial charge >= 0.3 is 0 Å². The third-order valence-corrected chi connectivity index (χ3v) is 3.25. The topological polar surface area (TPSA) is 59.7 Å². The molecule has 0 unspecified atom stereocenters. The molecule has 6 heteroatoms. The lowest BCUT2D eigenvalue weighted by atomic mass is 10.4. The van der Waals surface area contributed by atoms with Crippen molar-refractivity contribution in [1.82, 2.24) is 9.80 Å². The molecule has 1 heterocycles. The zero-order valence-electron chi connectivity index (χ0n) is 9.64. The second-order valence-electron chi connectivity index (χ2n) is 3.64. The number of amides is 1. The molecule has 0 atom stereocenters. The largest absolute Gasteiger partial charge is 0.344 e. The van der Waals surface area contributed by atoms with Crippen LogP contribution in [0, 0.1) is 11.5 Å². The molecule has 0 N–H and O–H groups in total. The third-order valence-electron chi connectivity index (χ3n) is 2.49.